The van der Waals surface area contributed by atoms with Crippen molar-refractivity contribution in [1.29, 1.82) is 0 Å². The Kier molecular flexibility index (Phi) is 2.86. The van der Waals surface area contributed by atoms with Crippen LogP contribution in [0, 0.1) is 6.92 Å². The summed E-state index contributed by atoms with van der Waals surface area (Å²) in [6.07, 6.45) is 1.02. The van der Waals surface area contributed by atoms with Gasteiger partial charge in [-0.05, 0) is 25.5 Å². The van der Waals surface area contributed by atoms with Crippen molar-refractivity contribution < 1.29 is 4.74 Å². The van der Waals surface area contributed by atoms with Crippen LogP contribution in [0.4, 0.5) is 0 Å². The fourth-order valence-electron chi connectivity index (χ4n) is 1.55. The van der Waals surface area contributed by atoms with Gasteiger partial charge in [0.1, 0.15) is 11.3 Å². The monoisotopic (exact) mass is 201 g/mol. The molecule has 1 heterocycles. The summed E-state index contributed by atoms with van der Waals surface area (Å²) >= 11 is 0. The number of ether oxygens (including phenoxy) is 1. The predicted molar refractivity (Wildman–Crippen MR) is 62.3 cm³/mol. The first-order valence-electron chi connectivity index (χ1n) is 5.30. The van der Waals surface area contributed by atoms with Gasteiger partial charge in [-0.2, -0.15) is 0 Å². The summed E-state index contributed by atoms with van der Waals surface area (Å²) in [4.78, 5) is 4.50. The topological polar surface area (TPSA) is 22.1 Å². The molecule has 0 saturated heterocycles. The highest BCUT2D eigenvalue weighted by Gasteiger charge is 2.02. The molecule has 2 nitrogen and oxygen atoms in total. The smallest absolute Gasteiger partial charge is 0.145 e. The standard InChI is InChI=1S/C13H15NO/c1-3-9-15-12-6-4-5-11-8-7-10(2)14-13(11)12/h4-8H,3,9H2,1-2H3. The fraction of sp³-hybridized carbons (Fsp3) is 0.308. The van der Waals surface area contributed by atoms with Crippen LogP contribution in [-0.4, -0.2) is 11.6 Å². The molecule has 1 aromatic heterocycles. The van der Waals surface area contributed by atoms with Crippen LogP contribution >= 0.6 is 0 Å². The van der Waals surface area contributed by atoms with E-state index >= 15 is 0 Å². The van der Waals surface area contributed by atoms with E-state index in [1.165, 1.54) is 0 Å². The number of benzene rings is 1. The molecule has 0 fully saturated rings. The maximum absolute atomic E-state index is 5.66. The van der Waals surface area contributed by atoms with Crippen LogP contribution in [-0.2, 0) is 0 Å². The Labute approximate surface area is 89.9 Å². The quantitative estimate of drug-likeness (QED) is 0.759. The number of nitrogens with zero attached hydrogens (tertiary/aromatic N) is 1. The number of hydrogen-bond donors (Lipinski definition) is 0. The van der Waals surface area contributed by atoms with E-state index in [0.717, 1.165) is 35.4 Å². The second-order valence-electron chi connectivity index (χ2n) is 3.63. The summed E-state index contributed by atoms with van der Waals surface area (Å²) in [5.41, 5.74) is 1.99. The Morgan fingerprint density at radius 3 is 2.87 bits per heavy atom. The van der Waals surface area contributed by atoms with Gasteiger partial charge in [-0.25, -0.2) is 4.98 Å². The first kappa shape index (κ1) is 9.97. The number of fused-ring (bicyclic) bond motifs is 1. The number of para-hydroxylation sites is 1. The maximum atomic E-state index is 5.66. The fourth-order valence-corrected chi connectivity index (χ4v) is 1.55. The van der Waals surface area contributed by atoms with E-state index in [4.69, 9.17) is 4.74 Å². The Hall–Kier alpha value is -1.57. The Morgan fingerprint density at radius 1 is 1.20 bits per heavy atom. The molecule has 2 heteroatoms. The number of pyridine rings is 1. The molecule has 15 heavy (non-hydrogen) atoms. The molecular formula is C13H15NO. The van der Waals surface area contributed by atoms with Crippen LogP contribution in [0.2, 0.25) is 0 Å². The van der Waals surface area contributed by atoms with Crippen molar-refractivity contribution in [2.45, 2.75) is 20.3 Å². The second kappa shape index (κ2) is 4.30. The molecule has 0 bridgehead atoms. The van der Waals surface area contributed by atoms with Crippen LogP contribution in [0.25, 0.3) is 10.9 Å². The van der Waals surface area contributed by atoms with E-state index in [0.29, 0.717) is 0 Å². The highest BCUT2D eigenvalue weighted by atomic mass is 16.5. The molecule has 0 N–H and O–H groups in total. The second-order valence-corrected chi connectivity index (χ2v) is 3.63. The summed E-state index contributed by atoms with van der Waals surface area (Å²) in [5.74, 6) is 0.887. The molecule has 2 aromatic rings. The van der Waals surface area contributed by atoms with E-state index in [1.807, 2.05) is 25.1 Å². The number of aromatic nitrogens is 1. The molecular weight excluding hydrogens is 186 g/mol. The van der Waals surface area contributed by atoms with Gasteiger partial charge in [-0.1, -0.05) is 25.1 Å². The molecule has 0 radical (unpaired) electrons. The Bertz CT molecular complexity index is 465. The third kappa shape index (κ3) is 2.09. The van der Waals surface area contributed by atoms with Crippen LogP contribution in [0.3, 0.4) is 0 Å². The van der Waals surface area contributed by atoms with Crippen LogP contribution in [0.5, 0.6) is 5.75 Å². The summed E-state index contributed by atoms with van der Waals surface area (Å²) < 4.78 is 5.66. The summed E-state index contributed by atoms with van der Waals surface area (Å²) in [6.45, 7) is 4.84. The zero-order valence-corrected chi connectivity index (χ0v) is 9.16. The van der Waals surface area contributed by atoms with Gasteiger partial charge in [-0.3, -0.25) is 0 Å². The minimum atomic E-state index is 0.745. The van der Waals surface area contributed by atoms with E-state index in [2.05, 4.69) is 24.0 Å². The van der Waals surface area contributed by atoms with E-state index in [9.17, 15) is 0 Å². The summed E-state index contributed by atoms with van der Waals surface area (Å²) in [6, 6.07) is 10.1. The first-order valence-corrected chi connectivity index (χ1v) is 5.30. The average molecular weight is 201 g/mol. The van der Waals surface area contributed by atoms with Gasteiger partial charge < -0.3 is 4.74 Å². The van der Waals surface area contributed by atoms with Gasteiger partial charge in [0.15, 0.2) is 0 Å². The number of aryl methyl sites for hydroxylation is 1. The SMILES string of the molecule is CCCOc1cccc2ccc(C)nc12. The van der Waals surface area contributed by atoms with Crippen LogP contribution in [0.15, 0.2) is 30.3 Å². The zero-order chi connectivity index (χ0) is 10.7. The molecule has 2 rings (SSSR count). The molecule has 0 saturated carbocycles. The van der Waals surface area contributed by atoms with Crippen LogP contribution < -0.4 is 4.74 Å². The molecule has 0 amide bonds. The minimum Gasteiger partial charge on any atom is -0.491 e. The predicted octanol–water partition coefficient (Wildman–Crippen LogP) is 3.33. The Morgan fingerprint density at radius 2 is 2.07 bits per heavy atom. The molecule has 0 aliphatic rings. The molecule has 78 valence electrons. The van der Waals surface area contributed by atoms with Crippen molar-refractivity contribution in [2.75, 3.05) is 6.61 Å². The third-order valence-electron chi connectivity index (χ3n) is 2.28. The lowest BCUT2D eigenvalue weighted by Gasteiger charge is -2.07. The largest absolute Gasteiger partial charge is 0.491 e. The van der Waals surface area contributed by atoms with Crippen molar-refractivity contribution in [3.8, 4) is 5.75 Å². The van der Waals surface area contributed by atoms with Gasteiger partial charge in [0, 0.05) is 11.1 Å². The highest BCUT2D eigenvalue weighted by molar-refractivity contribution is 5.84. The van der Waals surface area contributed by atoms with Crippen molar-refractivity contribution in [3.63, 3.8) is 0 Å². The molecule has 0 unspecified atom stereocenters. The van der Waals surface area contributed by atoms with Crippen LogP contribution in [0.1, 0.15) is 19.0 Å². The summed E-state index contributed by atoms with van der Waals surface area (Å²) in [7, 11) is 0. The summed E-state index contributed by atoms with van der Waals surface area (Å²) in [5, 5.41) is 1.13. The Balaban J connectivity index is 2.48. The lowest BCUT2D eigenvalue weighted by atomic mass is 10.2. The van der Waals surface area contributed by atoms with E-state index in [-0.39, 0.29) is 0 Å². The zero-order valence-electron chi connectivity index (χ0n) is 9.16. The molecule has 0 aliphatic carbocycles. The maximum Gasteiger partial charge on any atom is 0.145 e. The molecule has 0 aliphatic heterocycles. The van der Waals surface area contributed by atoms with Gasteiger partial charge in [-0.15, -0.1) is 0 Å². The van der Waals surface area contributed by atoms with Gasteiger partial charge in [0.2, 0.25) is 0 Å². The number of hydrogen-bond acceptors (Lipinski definition) is 2. The lowest BCUT2D eigenvalue weighted by molar-refractivity contribution is 0.320. The highest BCUT2D eigenvalue weighted by Crippen LogP contribution is 2.23. The van der Waals surface area contributed by atoms with Gasteiger partial charge in [0.05, 0.1) is 6.61 Å². The van der Waals surface area contributed by atoms with E-state index in [1.54, 1.807) is 0 Å². The normalized spacial score (nSPS) is 10.5. The number of rotatable bonds is 3. The first-order chi connectivity index (χ1) is 7.31. The van der Waals surface area contributed by atoms with Gasteiger partial charge in [0.25, 0.3) is 0 Å². The average Bonchev–Trinajstić information content (AvgIpc) is 2.26. The third-order valence-corrected chi connectivity index (χ3v) is 2.28. The van der Waals surface area contributed by atoms with Gasteiger partial charge >= 0.3 is 0 Å². The van der Waals surface area contributed by atoms with Crippen molar-refractivity contribution in [1.82, 2.24) is 4.98 Å². The lowest BCUT2D eigenvalue weighted by Crippen LogP contribution is -1.96. The van der Waals surface area contributed by atoms with E-state index < -0.39 is 0 Å². The minimum absolute atomic E-state index is 0.745. The molecule has 1 aromatic carbocycles. The van der Waals surface area contributed by atoms with Crippen molar-refractivity contribution in [3.05, 3.63) is 36.0 Å². The molecule has 0 spiro atoms. The van der Waals surface area contributed by atoms with Crippen molar-refractivity contribution in [2.24, 2.45) is 0 Å². The molecule has 0 atom stereocenters. The van der Waals surface area contributed by atoms with Crippen molar-refractivity contribution >= 4 is 10.9 Å².